The Kier molecular flexibility index (Phi) is 14.3. The molecule has 0 rings (SSSR count). The number of unbranched alkanes of at least 4 members (excludes halogenated alkanes) is 4. The first-order chi connectivity index (χ1) is 9.20. The fourth-order valence-electron chi connectivity index (χ4n) is 2.26. The van der Waals surface area contributed by atoms with E-state index >= 15 is 0 Å². The molecule has 0 spiro atoms. The molecule has 0 radical (unpaired) electrons. The zero-order valence-electron chi connectivity index (χ0n) is 14.0. The molecule has 0 aliphatic heterocycles. The van der Waals surface area contributed by atoms with Gasteiger partial charge in [0.1, 0.15) is 0 Å². The van der Waals surface area contributed by atoms with Gasteiger partial charge in [0.25, 0.3) is 0 Å². The summed E-state index contributed by atoms with van der Waals surface area (Å²) in [7, 11) is 0. The summed E-state index contributed by atoms with van der Waals surface area (Å²) in [5.41, 5.74) is 0. The minimum atomic E-state index is 0.909. The minimum absolute atomic E-state index is 0.909. The van der Waals surface area contributed by atoms with Crippen LogP contribution in [0.4, 0.5) is 0 Å². The monoisotopic (exact) mass is 270 g/mol. The fourth-order valence-corrected chi connectivity index (χ4v) is 2.26. The van der Waals surface area contributed by atoms with Crippen LogP contribution in [0.15, 0.2) is 0 Å². The molecule has 0 fully saturated rings. The predicted octanol–water partition coefficient (Wildman–Crippen LogP) is 6.22. The smallest absolute Gasteiger partial charge is 0.0466 e. The average Bonchev–Trinajstić information content (AvgIpc) is 2.43. The summed E-state index contributed by atoms with van der Waals surface area (Å²) in [5.74, 6) is 1.82. The lowest BCUT2D eigenvalue weighted by atomic mass is 10.0. The second kappa shape index (κ2) is 14.4. The van der Waals surface area contributed by atoms with Crippen LogP contribution in [0, 0.1) is 11.8 Å². The average molecular weight is 271 g/mol. The topological polar surface area (TPSA) is 9.23 Å². The standard InChI is InChI=1S/C18H38O/c1-5-17(3)13-9-7-11-15-19-16-12-8-10-14-18(4)6-2/h17-18H,5-16H2,1-4H3. The molecule has 0 N–H and O–H groups in total. The van der Waals surface area contributed by atoms with Crippen LogP contribution < -0.4 is 0 Å². The molecule has 0 aliphatic carbocycles. The SMILES string of the molecule is CCC(C)CCCCCOCCCCCC(C)CC. The summed E-state index contributed by atoms with van der Waals surface area (Å²) in [4.78, 5) is 0. The number of rotatable bonds is 14. The zero-order valence-corrected chi connectivity index (χ0v) is 14.0. The van der Waals surface area contributed by atoms with E-state index in [2.05, 4.69) is 27.7 Å². The van der Waals surface area contributed by atoms with Gasteiger partial charge < -0.3 is 4.74 Å². The van der Waals surface area contributed by atoms with Crippen molar-refractivity contribution < 1.29 is 4.74 Å². The van der Waals surface area contributed by atoms with Gasteiger partial charge in [-0.1, -0.05) is 79.1 Å². The van der Waals surface area contributed by atoms with Gasteiger partial charge in [0, 0.05) is 13.2 Å². The first-order valence-electron chi connectivity index (χ1n) is 8.78. The summed E-state index contributed by atoms with van der Waals surface area (Å²) < 4.78 is 5.70. The van der Waals surface area contributed by atoms with Crippen molar-refractivity contribution in [2.75, 3.05) is 13.2 Å². The normalized spacial score (nSPS) is 14.5. The molecule has 0 heterocycles. The van der Waals surface area contributed by atoms with Crippen LogP contribution in [-0.2, 0) is 4.74 Å². The van der Waals surface area contributed by atoms with Gasteiger partial charge in [-0.05, 0) is 24.7 Å². The van der Waals surface area contributed by atoms with Crippen LogP contribution in [0.5, 0.6) is 0 Å². The molecular weight excluding hydrogens is 232 g/mol. The number of ether oxygens (including phenoxy) is 1. The van der Waals surface area contributed by atoms with Gasteiger partial charge in [0.15, 0.2) is 0 Å². The molecule has 0 amide bonds. The summed E-state index contributed by atoms with van der Waals surface area (Å²) in [6.07, 6.45) is 13.4. The number of hydrogen-bond donors (Lipinski definition) is 0. The van der Waals surface area contributed by atoms with Gasteiger partial charge >= 0.3 is 0 Å². The second-order valence-corrected chi connectivity index (χ2v) is 6.34. The molecule has 0 bridgehead atoms. The van der Waals surface area contributed by atoms with E-state index in [4.69, 9.17) is 4.74 Å². The highest BCUT2D eigenvalue weighted by atomic mass is 16.5. The maximum absolute atomic E-state index is 5.70. The Bertz CT molecular complexity index is 149. The minimum Gasteiger partial charge on any atom is -0.381 e. The lowest BCUT2D eigenvalue weighted by molar-refractivity contribution is 0.125. The maximum atomic E-state index is 5.70. The Morgan fingerprint density at radius 2 is 1.05 bits per heavy atom. The van der Waals surface area contributed by atoms with E-state index in [0.29, 0.717) is 0 Å². The third-order valence-electron chi connectivity index (χ3n) is 4.37. The van der Waals surface area contributed by atoms with Crippen molar-refractivity contribution in [3.8, 4) is 0 Å². The molecule has 0 aromatic rings. The van der Waals surface area contributed by atoms with Crippen LogP contribution in [-0.4, -0.2) is 13.2 Å². The molecule has 116 valence electrons. The van der Waals surface area contributed by atoms with E-state index in [1.54, 1.807) is 0 Å². The van der Waals surface area contributed by atoms with E-state index in [-0.39, 0.29) is 0 Å². The van der Waals surface area contributed by atoms with E-state index in [1.807, 2.05) is 0 Å². The second-order valence-electron chi connectivity index (χ2n) is 6.34. The van der Waals surface area contributed by atoms with E-state index < -0.39 is 0 Å². The molecule has 0 aliphatic rings. The molecule has 2 atom stereocenters. The van der Waals surface area contributed by atoms with Crippen molar-refractivity contribution in [2.24, 2.45) is 11.8 Å². The molecule has 0 saturated carbocycles. The highest BCUT2D eigenvalue weighted by Gasteiger charge is 1.99. The lowest BCUT2D eigenvalue weighted by Crippen LogP contribution is -1.99. The third kappa shape index (κ3) is 14.2. The van der Waals surface area contributed by atoms with Crippen LogP contribution in [0.1, 0.15) is 91.9 Å². The Morgan fingerprint density at radius 3 is 1.42 bits per heavy atom. The molecule has 19 heavy (non-hydrogen) atoms. The summed E-state index contributed by atoms with van der Waals surface area (Å²) in [6, 6.07) is 0. The Labute approximate surface area is 122 Å². The maximum Gasteiger partial charge on any atom is 0.0466 e. The van der Waals surface area contributed by atoms with Crippen molar-refractivity contribution in [1.29, 1.82) is 0 Å². The molecule has 0 aromatic carbocycles. The van der Waals surface area contributed by atoms with Gasteiger partial charge in [-0.2, -0.15) is 0 Å². The van der Waals surface area contributed by atoms with Gasteiger partial charge in [0.2, 0.25) is 0 Å². The van der Waals surface area contributed by atoms with Gasteiger partial charge in [0.05, 0.1) is 0 Å². The van der Waals surface area contributed by atoms with Crippen molar-refractivity contribution in [3.05, 3.63) is 0 Å². The molecule has 0 saturated heterocycles. The first kappa shape index (κ1) is 19.0. The Morgan fingerprint density at radius 1 is 0.632 bits per heavy atom. The number of hydrogen-bond acceptors (Lipinski definition) is 1. The summed E-state index contributed by atoms with van der Waals surface area (Å²) in [6.45, 7) is 11.2. The quantitative estimate of drug-likeness (QED) is 0.341. The Balaban J connectivity index is 3.03. The van der Waals surface area contributed by atoms with Gasteiger partial charge in [-0.25, -0.2) is 0 Å². The van der Waals surface area contributed by atoms with E-state index in [9.17, 15) is 0 Å². The predicted molar refractivity (Wildman–Crippen MR) is 86.7 cm³/mol. The lowest BCUT2D eigenvalue weighted by Gasteiger charge is -2.09. The molecule has 2 unspecified atom stereocenters. The van der Waals surface area contributed by atoms with Crippen LogP contribution >= 0.6 is 0 Å². The molecular formula is C18H38O. The largest absolute Gasteiger partial charge is 0.381 e. The molecule has 1 nitrogen and oxygen atoms in total. The van der Waals surface area contributed by atoms with Crippen molar-refractivity contribution >= 4 is 0 Å². The van der Waals surface area contributed by atoms with Gasteiger partial charge in [-0.3, -0.25) is 0 Å². The van der Waals surface area contributed by atoms with Crippen LogP contribution in [0.25, 0.3) is 0 Å². The van der Waals surface area contributed by atoms with E-state index in [1.165, 1.54) is 64.2 Å². The third-order valence-corrected chi connectivity index (χ3v) is 4.37. The highest BCUT2D eigenvalue weighted by Crippen LogP contribution is 2.13. The molecule has 0 aromatic heterocycles. The van der Waals surface area contributed by atoms with Gasteiger partial charge in [-0.15, -0.1) is 0 Å². The van der Waals surface area contributed by atoms with Crippen molar-refractivity contribution in [1.82, 2.24) is 0 Å². The van der Waals surface area contributed by atoms with E-state index in [0.717, 1.165) is 25.0 Å². The Hall–Kier alpha value is -0.0400. The first-order valence-corrected chi connectivity index (χ1v) is 8.78. The fraction of sp³-hybridized carbons (Fsp3) is 1.00. The van der Waals surface area contributed by atoms with Crippen LogP contribution in [0.3, 0.4) is 0 Å². The van der Waals surface area contributed by atoms with Crippen molar-refractivity contribution in [2.45, 2.75) is 91.9 Å². The summed E-state index contributed by atoms with van der Waals surface area (Å²) in [5, 5.41) is 0. The zero-order chi connectivity index (χ0) is 14.3. The highest BCUT2D eigenvalue weighted by molar-refractivity contribution is 4.52. The van der Waals surface area contributed by atoms with Crippen LogP contribution in [0.2, 0.25) is 0 Å². The van der Waals surface area contributed by atoms with Crippen molar-refractivity contribution in [3.63, 3.8) is 0 Å². The summed E-state index contributed by atoms with van der Waals surface area (Å²) >= 11 is 0. The molecule has 1 heteroatoms.